The second-order valence-electron chi connectivity index (χ2n) is 4.43. The Morgan fingerprint density at radius 3 is 2.32 bits per heavy atom. The van der Waals surface area contributed by atoms with E-state index < -0.39 is 15.5 Å². The van der Waals surface area contributed by atoms with E-state index in [1.54, 1.807) is 0 Å². The lowest BCUT2D eigenvalue weighted by Gasteiger charge is -2.04. The number of hydrogen-bond acceptors (Lipinski definition) is 6. The Hall–Kier alpha value is -2.81. The molecule has 110 valence electrons. The summed E-state index contributed by atoms with van der Waals surface area (Å²) in [6.07, 6.45) is 0. The summed E-state index contributed by atoms with van der Waals surface area (Å²) >= 11 is 3.09. The van der Waals surface area contributed by atoms with Gasteiger partial charge >= 0.3 is 5.63 Å². The maximum Gasteiger partial charge on any atom is 0.344 e. The molecule has 0 aliphatic rings. The monoisotopic (exact) mass is 364 g/mol. The zero-order chi connectivity index (χ0) is 16.0. The molecule has 0 radical (unpaired) electrons. The van der Waals surface area contributed by atoms with E-state index >= 15 is 0 Å². The lowest BCUT2D eigenvalue weighted by molar-refractivity contribution is -0.385. The van der Waals surface area contributed by atoms with E-state index in [0.717, 1.165) is 12.1 Å². The minimum absolute atomic E-state index is 0.0428. The summed E-state index contributed by atoms with van der Waals surface area (Å²) in [4.78, 5) is 32.4. The predicted octanol–water partition coefficient (Wildman–Crippen LogP) is 3.53. The van der Waals surface area contributed by atoms with E-state index in [1.165, 1.54) is 18.2 Å². The molecule has 3 rings (SSSR count). The summed E-state index contributed by atoms with van der Waals surface area (Å²) in [5, 5.41) is 22.6. The van der Waals surface area contributed by atoms with Crippen molar-refractivity contribution in [3.63, 3.8) is 0 Å². The zero-order valence-corrected chi connectivity index (χ0v) is 12.2. The fraction of sp³-hybridized carbons (Fsp3) is 0. The van der Waals surface area contributed by atoms with Crippen molar-refractivity contribution in [2.45, 2.75) is 0 Å². The average molecular weight is 365 g/mol. The van der Waals surface area contributed by atoms with E-state index in [4.69, 9.17) is 4.42 Å². The summed E-state index contributed by atoms with van der Waals surface area (Å²) in [6, 6.07) is 6.39. The first-order chi connectivity index (χ1) is 10.4. The van der Waals surface area contributed by atoms with Gasteiger partial charge in [0.2, 0.25) is 0 Å². The molecule has 2 aromatic carbocycles. The number of nitro benzene ring substituents is 2. The number of nitro groups is 2. The fourth-order valence-electron chi connectivity index (χ4n) is 2.18. The summed E-state index contributed by atoms with van der Waals surface area (Å²) in [7, 11) is 0. The van der Waals surface area contributed by atoms with Crippen LogP contribution in [0.2, 0.25) is 0 Å². The Morgan fingerprint density at radius 1 is 0.955 bits per heavy atom. The summed E-state index contributed by atoms with van der Waals surface area (Å²) < 4.78 is 5.27. The van der Waals surface area contributed by atoms with Gasteiger partial charge in [-0.3, -0.25) is 20.2 Å². The second-order valence-corrected chi connectivity index (χ2v) is 5.29. The van der Waals surface area contributed by atoms with Crippen molar-refractivity contribution >= 4 is 49.0 Å². The molecule has 3 aromatic rings. The van der Waals surface area contributed by atoms with Gasteiger partial charge in [-0.05, 0) is 28.1 Å². The second kappa shape index (κ2) is 4.88. The molecule has 8 nitrogen and oxygen atoms in total. The van der Waals surface area contributed by atoms with Gasteiger partial charge in [0.25, 0.3) is 11.4 Å². The molecule has 22 heavy (non-hydrogen) atoms. The van der Waals surface area contributed by atoms with Gasteiger partial charge in [-0.2, -0.15) is 0 Å². The van der Waals surface area contributed by atoms with Gasteiger partial charge in [-0.1, -0.05) is 0 Å². The number of rotatable bonds is 2. The highest BCUT2D eigenvalue weighted by Gasteiger charge is 2.18. The molecule has 0 unspecified atom stereocenters. The first kappa shape index (κ1) is 14.1. The molecule has 1 aromatic heterocycles. The maximum absolute atomic E-state index is 12.0. The molecular formula is C13H5BrN2O6. The van der Waals surface area contributed by atoms with Gasteiger partial charge in [-0.15, -0.1) is 0 Å². The van der Waals surface area contributed by atoms with E-state index in [-0.39, 0.29) is 26.8 Å². The van der Waals surface area contributed by atoms with Crippen LogP contribution < -0.4 is 5.63 Å². The summed E-state index contributed by atoms with van der Waals surface area (Å²) in [5.41, 5.74) is -1.22. The topological polar surface area (TPSA) is 116 Å². The van der Waals surface area contributed by atoms with Crippen molar-refractivity contribution in [2.24, 2.45) is 0 Å². The van der Waals surface area contributed by atoms with Gasteiger partial charge in [0.1, 0.15) is 5.58 Å². The van der Waals surface area contributed by atoms with E-state index in [1.807, 2.05) is 0 Å². The molecule has 0 spiro atoms. The maximum atomic E-state index is 12.0. The molecule has 0 aliphatic heterocycles. The summed E-state index contributed by atoms with van der Waals surface area (Å²) in [6.45, 7) is 0. The Balaban J connectivity index is 2.46. The number of hydrogen-bond donors (Lipinski definition) is 0. The zero-order valence-electron chi connectivity index (χ0n) is 10.6. The number of nitrogens with zero attached hydrogens (tertiary/aromatic N) is 2. The van der Waals surface area contributed by atoms with Gasteiger partial charge in [-0.25, -0.2) is 4.79 Å². The van der Waals surface area contributed by atoms with Crippen molar-refractivity contribution in [1.29, 1.82) is 0 Å². The molecule has 9 heteroatoms. The Bertz CT molecular complexity index is 1030. The average Bonchev–Trinajstić information content (AvgIpc) is 2.47. The van der Waals surface area contributed by atoms with Crippen molar-refractivity contribution in [2.75, 3.05) is 0 Å². The van der Waals surface area contributed by atoms with Crippen LogP contribution in [0, 0.1) is 20.2 Å². The molecule has 0 saturated heterocycles. The highest BCUT2D eigenvalue weighted by Crippen LogP contribution is 2.33. The van der Waals surface area contributed by atoms with Crippen molar-refractivity contribution in [3.8, 4) is 0 Å². The fourth-order valence-corrected chi connectivity index (χ4v) is 2.67. The molecule has 0 atom stereocenters. The number of halogens is 1. The van der Waals surface area contributed by atoms with Crippen LogP contribution in [-0.2, 0) is 0 Å². The number of benzene rings is 2. The van der Waals surface area contributed by atoms with Crippen molar-refractivity contribution in [1.82, 2.24) is 0 Å². The minimum atomic E-state index is -0.789. The van der Waals surface area contributed by atoms with Crippen LogP contribution in [0.15, 0.2) is 44.0 Å². The first-order valence-corrected chi connectivity index (χ1v) is 6.66. The van der Waals surface area contributed by atoms with Gasteiger partial charge < -0.3 is 4.42 Å². The van der Waals surface area contributed by atoms with Crippen molar-refractivity contribution in [3.05, 3.63) is 65.5 Å². The minimum Gasteiger partial charge on any atom is -0.422 e. The predicted molar refractivity (Wildman–Crippen MR) is 81.0 cm³/mol. The van der Waals surface area contributed by atoms with Gasteiger partial charge in [0.15, 0.2) is 0 Å². The van der Waals surface area contributed by atoms with Crippen LogP contribution in [0.25, 0.3) is 21.7 Å². The first-order valence-electron chi connectivity index (χ1n) is 5.87. The Morgan fingerprint density at radius 2 is 1.68 bits per heavy atom. The molecule has 0 amide bonds. The normalized spacial score (nSPS) is 11.0. The smallest absolute Gasteiger partial charge is 0.344 e. The quantitative estimate of drug-likeness (QED) is 0.297. The van der Waals surface area contributed by atoms with Crippen LogP contribution in [0.5, 0.6) is 0 Å². The molecule has 0 N–H and O–H groups in total. The van der Waals surface area contributed by atoms with Crippen LogP contribution in [0.3, 0.4) is 0 Å². The Labute approximate surface area is 129 Å². The van der Waals surface area contributed by atoms with E-state index in [9.17, 15) is 25.0 Å². The van der Waals surface area contributed by atoms with Crippen molar-refractivity contribution < 1.29 is 14.3 Å². The van der Waals surface area contributed by atoms with E-state index in [0.29, 0.717) is 10.8 Å². The van der Waals surface area contributed by atoms with Crippen LogP contribution >= 0.6 is 15.9 Å². The molecule has 0 bridgehead atoms. The third kappa shape index (κ3) is 2.11. The van der Waals surface area contributed by atoms with E-state index in [2.05, 4.69) is 15.9 Å². The SMILES string of the molecule is O=c1oc2cc([N+](=O)[O-])c(Br)cc2c2ccc([N+](=O)[O-])cc12. The molecular weight excluding hydrogens is 360 g/mol. The largest absolute Gasteiger partial charge is 0.422 e. The molecule has 1 heterocycles. The third-order valence-corrected chi connectivity index (χ3v) is 3.81. The highest BCUT2D eigenvalue weighted by molar-refractivity contribution is 9.10. The van der Waals surface area contributed by atoms with Crippen LogP contribution in [0.4, 0.5) is 11.4 Å². The van der Waals surface area contributed by atoms with Gasteiger partial charge in [0.05, 0.1) is 25.8 Å². The molecule has 0 saturated carbocycles. The van der Waals surface area contributed by atoms with Crippen LogP contribution in [-0.4, -0.2) is 9.85 Å². The third-order valence-electron chi connectivity index (χ3n) is 3.17. The summed E-state index contributed by atoms with van der Waals surface area (Å²) in [5.74, 6) is 0. The van der Waals surface area contributed by atoms with Gasteiger partial charge in [0, 0.05) is 22.9 Å². The number of fused-ring (bicyclic) bond motifs is 3. The number of non-ortho nitro benzene ring substituents is 1. The molecule has 0 fully saturated rings. The van der Waals surface area contributed by atoms with Crippen LogP contribution in [0.1, 0.15) is 0 Å². The highest BCUT2D eigenvalue weighted by atomic mass is 79.9. The molecule has 0 aliphatic carbocycles. The standard InChI is InChI=1S/C13H5BrN2O6/c14-10-4-8-7-2-1-6(15(18)19)3-9(7)13(17)22-12(8)5-11(10)16(20)21/h1-5H. The Kier molecular flexibility index (Phi) is 3.14. The lowest BCUT2D eigenvalue weighted by atomic mass is 10.1. The lowest BCUT2D eigenvalue weighted by Crippen LogP contribution is -2.01.